The van der Waals surface area contributed by atoms with Gasteiger partial charge in [0.2, 0.25) is 0 Å². The highest BCUT2D eigenvalue weighted by molar-refractivity contribution is 5.61. The second kappa shape index (κ2) is 8.13. The van der Waals surface area contributed by atoms with Crippen molar-refractivity contribution in [3.63, 3.8) is 0 Å². The van der Waals surface area contributed by atoms with Crippen LogP contribution in [-0.4, -0.2) is 22.6 Å². The second-order valence-electron chi connectivity index (χ2n) is 7.06. The zero-order chi connectivity index (χ0) is 16.8. The quantitative estimate of drug-likeness (QED) is 0.756. The molecule has 0 bridgehead atoms. The molecule has 2 N–H and O–H groups in total. The summed E-state index contributed by atoms with van der Waals surface area (Å²) in [6, 6.07) is 12.8. The maximum atomic E-state index is 4.75. The fourth-order valence-electron chi connectivity index (χ4n) is 3.10. The summed E-state index contributed by atoms with van der Waals surface area (Å²) in [6.45, 7) is 5.42. The third kappa shape index (κ3) is 4.70. The first-order valence-electron chi connectivity index (χ1n) is 9.15. The highest BCUT2D eigenvalue weighted by Gasteiger charge is 2.16. The van der Waals surface area contributed by atoms with E-state index in [0.717, 1.165) is 36.0 Å². The van der Waals surface area contributed by atoms with Gasteiger partial charge in [0.05, 0.1) is 0 Å². The van der Waals surface area contributed by atoms with E-state index in [1.165, 1.54) is 25.7 Å². The lowest BCUT2D eigenvalue weighted by Gasteiger charge is -2.15. The Labute approximate surface area is 145 Å². The maximum absolute atomic E-state index is 4.75. The van der Waals surface area contributed by atoms with Gasteiger partial charge in [0.1, 0.15) is 11.6 Å². The Morgan fingerprint density at radius 1 is 1.04 bits per heavy atom. The SMILES string of the molecule is CC(C)CCNc1cc(NC2CCCC2)nc(-c2ccccc2)n1. The summed E-state index contributed by atoms with van der Waals surface area (Å²) in [4.78, 5) is 9.46. The topological polar surface area (TPSA) is 49.8 Å². The lowest BCUT2D eigenvalue weighted by Crippen LogP contribution is -2.16. The van der Waals surface area contributed by atoms with E-state index >= 15 is 0 Å². The first-order chi connectivity index (χ1) is 11.7. The molecule has 4 heteroatoms. The molecule has 0 spiro atoms. The molecule has 0 saturated heterocycles. The maximum Gasteiger partial charge on any atom is 0.163 e. The minimum atomic E-state index is 0.548. The van der Waals surface area contributed by atoms with E-state index in [-0.39, 0.29) is 0 Å². The van der Waals surface area contributed by atoms with Gasteiger partial charge in [0.15, 0.2) is 5.82 Å². The molecule has 2 aromatic rings. The largest absolute Gasteiger partial charge is 0.370 e. The Balaban J connectivity index is 1.81. The van der Waals surface area contributed by atoms with Crippen molar-refractivity contribution in [1.82, 2.24) is 9.97 Å². The van der Waals surface area contributed by atoms with E-state index in [4.69, 9.17) is 9.97 Å². The predicted molar refractivity (Wildman–Crippen MR) is 101 cm³/mol. The van der Waals surface area contributed by atoms with Crippen LogP contribution in [0.15, 0.2) is 36.4 Å². The lowest BCUT2D eigenvalue weighted by molar-refractivity contribution is 0.606. The first-order valence-corrected chi connectivity index (χ1v) is 9.15. The van der Waals surface area contributed by atoms with Crippen LogP contribution in [0, 0.1) is 5.92 Å². The molecular formula is C20H28N4. The van der Waals surface area contributed by atoms with Gasteiger partial charge in [0, 0.05) is 24.2 Å². The molecule has 0 radical (unpaired) electrons. The molecule has 0 aliphatic heterocycles. The zero-order valence-corrected chi connectivity index (χ0v) is 14.8. The van der Waals surface area contributed by atoms with Gasteiger partial charge in [0.25, 0.3) is 0 Å². The molecule has 3 rings (SSSR count). The van der Waals surface area contributed by atoms with Crippen LogP contribution in [0.2, 0.25) is 0 Å². The average molecular weight is 324 g/mol. The minimum absolute atomic E-state index is 0.548. The van der Waals surface area contributed by atoms with Crippen LogP contribution in [0.5, 0.6) is 0 Å². The second-order valence-corrected chi connectivity index (χ2v) is 7.06. The summed E-state index contributed by atoms with van der Waals surface area (Å²) in [5.74, 6) is 3.31. The molecule has 1 aromatic carbocycles. The molecule has 1 fully saturated rings. The van der Waals surface area contributed by atoms with Gasteiger partial charge in [-0.1, -0.05) is 57.0 Å². The normalized spacial score (nSPS) is 15.0. The van der Waals surface area contributed by atoms with E-state index in [1.807, 2.05) is 24.3 Å². The summed E-state index contributed by atoms with van der Waals surface area (Å²) in [5.41, 5.74) is 1.06. The van der Waals surface area contributed by atoms with Crippen LogP contribution in [0.25, 0.3) is 11.4 Å². The van der Waals surface area contributed by atoms with Crippen molar-refractivity contribution in [3.05, 3.63) is 36.4 Å². The number of aromatic nitrogens is 2. The van der Waals surface area contributed by atoms with E-state index < -0.39 is 0 Å². The van der Waals surface area contributed by atoms with Crippen LogP contribution >= 0.6 is 0 Å². The third-order valence-electron chi connectivity index (χ3n) is 4.49. The third-order valence-corrected chi connectivity index (χ3v) is 4.49. The average Bonchev–Trinajstić information content (AvgIpc) is 3.08. The summed E-state index contributed by atoms with van der Waals surface area (Å²) in [7, 11) is 0. The smallest absolute Gasteiger partial charge is 0.163 e. The Hall–Kier alpha value is -2.10. The van der Waals surface area contributed by atoms with Crippen molar-refractivity contribution in [2.45, 2.75) is 52.0 Å². The van der Waals surface area contributed by atoms with Crippen LogP contribution in [-0.2, 0) is 0 Å². The molecule has 0 unspecified atom stereocenters. The Morgan fingerprint density at radius 3 is 2.46 bits per heavy atom. The standard InChI is InChI=1S/C20H28N4/c1-15(2)12-13-21-18-14-19(22-17-10-6-7-11-17)24-20(23-18)16-8-4-3-5-9-16/h3-5,8-9,14-15,17H,6-7,10-13H2,1-2H3,(H2,21,22,23,24). The highest BCUT2D eigenvalue weighted by Crippen LogP contribution is 2.25. The van der Waals surface area contributed by atoms with E-state index in [2.05, 4.69) is 36.6 Å². The van der Waals surface area contributed by atoms with E-state index in [0.29, 0.717) is 12.0 Å². The number of nitrogens with zero attached hydrogens (tertiary/aromatic N) is 2. The van der Waals surface area contributed by atoms with E-state index in [1.54, 1.807) is 0 Å². The summed E-state index contributed by atoms with van der Waals surface area (Å²) >= 11 is 0. The lowest BCUT2D eigenvalue weighted by atomic mass is 10.1. The Bertz CT molecular complexity index is 633. The molecule has 4 nitrogen and oxygen atoms in total. The Morgan fingerprint density at radius 2 is 1.75 bits per heavy atom. The van der Waals surface area contributed by atoms with Gasteiger partial charge in [-0.15, -0.1) is 0 Å². The summed E-state index contributed by atoms with van der Waals surface area (Å²) < 4.78 is 0. The van der Waals surface area contributed by atoms with Gasteiger partial charge in [-0.05, 0) is 25.2 Å². The van der Waals surface area contributed by atoms with Crippen molar-refractivity contribution in [2.75, 3.05) is 17.2 Å². The molecule has 128 valence electrons. The van der Waals surface area contributed by atoms with E-state index in [9.17, 15) is 0 Å². The molecule has 0 amide bonds. The molecule has 1 heterocycles. The molecule has 1 saturated carbocycles. The monoisotopic (exact) mass is 324 g/mol. The van der Waals surface area contributed by atoms with Gasteiger partial charge in [-0.25, -0.2) is 9.97 Å². The summed E-state index contributed by atoms with van der Waals surface area (Å²) in [6.07, 6.45) is 6.24. The number of anilines is 2. The number of benzene rings is 1. The van der Waals surface area contributed by atoms with Crippen LogP contribution in [0.1, 0.15) is 46.0 Å². The van der Waals surface area contributed by atoms with Gasteiger partial charge in [-0.2, -0.15) is 0 Å². The van der Waals surface area contributed by atoms with Crippen molar-refractivity contribution < 1.29 is 0 Å². The first kappa shape index (κ1) is 16.7. The molecule has 1 aliphatic carbocycles. The fraction of sp³-hybridized carbons (Fsp3) is 0.500. The van der Waals surface area contributed by atoms with Crippen LogP contribution in [0.3, 0.4) is 0 Å². The number of hydrogen-bond donors (Lipinski definition) is 2. The highest BCUT2D eigenvalue weighted by atomic mass is 15.1. The molecular weight excluding hydrogens is 296 g/mol. The van der Waals surface area contributed by atoms with Crippen molar-refractivity contribution in [1.29, 1.82) is 0 Å². The van der Waals surface area contributed by atoms with Crippen molar-refractivity contribution in [3.8, 4) is 11.4 Å². The Kier molecular flexibility index (Phi) is 5.68. The summed E-state index contributed by atoms with van der Waals surface area (Å²) in [5, 5.41) is 7.06. The van der Waals surface area contributed by atoms with Gasteiger partial charge < -0.3 is 10.6 Å². The van der Waals surface area contributed by atoms with Gasteiger partial charge >= 0.3 is 0 Å². The predicted octanol–water partition coefficient (Wildman–Crippen LogP) is 4.96. The van der Waals surface area contributed by atoms with Crippen molar-refractivity contribution in [2.24, 2.45) is 5.92 Å². The number of hydrogen-bond acceptors (Lipinski definition) is 4. The molecule has 1 aromatic heterocycles. The van der Waals surface area contributed by atoms with Gasteiger partial charge in [-0.3, -0.25) is 0 Å². The zero-order valence-electron chi connectivity index (χ0n) is 14.8. The number of rotatable bonds is 7. The molecule has 1 aliphatic rings. The number of nitrogens with one attached hydrogen (secondary N) is 2. The van der Waals surface area contributed by atoms with Crippen molar-refractivity contribution >= 4 is 11.6 Å². The fourth-order valence-corrected chi connectivity index (χ4v) is 3.10. The minimum Gasteiger partial charge on any atom is -0.370 e. The molecule has 0 atom stereocenters. The van der Waals surface area contributed by atoms with Crippen LogP contribution < -0.4 is 10.6 Å². The van der Waals surface area contributed by atoms with Crippen LogP contribution in [0.4, 0.5) is 11.6 Å². The molecule has 24 heavy (non-hydrogen) atoms.